The van der Waals surface area contributed by atoms with Gasteiger partial charge < -0.3 is 10.4 Å². The largest absolute Gasteiger partial charge is 0.478 e. The van der Waals surface area contributed by atoms with Crippen LogP contribution in [0.4, 0.5) is 5.69 Å². The number of carboxylic acid groups (broad SMARTS) is 1. The number of hydrogen-bond donors (Lipinski definition) is 2. The Kier molecular flexibility index (Phi) is 3.94. The lowest BCUT2D eigenvalue weighted by molar-refractivity contribution is -0.124. The van der Waals surface area contributed by atoms with Gasteiger partial charge in [0, 0.05) is 9.89 Å². The van der Waals surface area contributed by atoms with Crippen LogP contribution >= 0.6 is 15.9 Å². The predicted molar refractivity (Wildman–Crippen MR) is 76.3 cm³/mol. The van der Waals surface area contributed by atoms with Crippen LogP contribution in [0, 0.1) is 5.41 Å². The fourth-order valence-electron chi connectivity index (χ4n) is 2.46. The smallest absolute Gasteiger partial charge is 0.337 e. The van der Waals surface area contributed by atoms with E-state index in [4.69, 9.17) is 5.11 Å². The minimum absolute atomic E-state index is 0.0920. The molecular formula is C14H16BrNO3. The lowest BCUT2D eigenvalue weighted by Gasteiger charge is -2.22. The molecule has 1 aliphatic carbocycles. The molecule has 1 aromatic carbocycles. The van der Waals surface area contributed by atoms with E-state index >= 15 is 0 Å². The van der Waals surface area contributed by atoms with Crippen molar-refractivity contribution in [1.82, 2.24) is 0 Å². The molecule has 5 heteroatoms. The first-order chi connectivity index (χ1) is 8.92. The molecule has 0 aliphatic heterocycles. The summed E-state index contributed by atoms with van der Waals surface area (Å²) in [6, 6.07) is 4.76. The Hall–Kier alpha value is -1.36. The van der Waals surface area contributed by atoms with Crippen LogP contribution in [0.2, 0.25) is 0 Å². The van der Waals surface area contributed by atoms with E-state index in [2.05, 4.69) is 21.2 Å². The quantitative estimate of drug-likeness (QED) is 0.891. The van der Waals surface area contributed by atoms with Crippen LogP contribution in [0.5, 0.6) is 0 Å². The second kappa shape index (κ2) is 5.33. The highest BCUT2D eigenvalue weighted by Gasteiger charge is 2.36. The topological polar surface area (TPSA) is 66.4 Å². The number of benzene rings is 1. The highest BCUT2D eigenvalue weighted by atomic mass is 79.9. The molecule has 2 rings (SSSR count). The van der Waals surface area contributed by atoms with E-state index in [1.807, 2.05) is 6.92 Å². The highest BCUT2D eigenvalue weighted by Crippen LogP contribution is 2.38. The first-order valence-electron chi connectivity index (χ1n) is 6.27. The van der Waals surface area contributed by atoms with Crippen molar-refractivity contribution in [3.05, 3.63) is 28.2 Å². The van der Waals surface area contributed by atoms with Gasteiger partial charge in [-0.2, -0.15) is 0 Å². The molecule has 1 fully saturated rings. The fraction of sp³-hybridized carbons (Fsp3) is 0.429. The van der Waals surface area contributed by atoms with Crippen LogP contribution in [-0.2, 0) is 4.79 Å². The molecule has 1 saturated carbocycles. The number of carboxylic acids is 1. The van der Waals surface area contributed by atoms with Gasteiger partial charge in [0.15, 0.2) is 0 Å². The summed E-state index contributed by atoms with van der Waals surface area (Å²) in [5.74, 6) is -1.13. The van der Waals surface area contributed by atoms with Crippen molar-refractivity contribution in [2.75, 3.05) is 5.32 Å². The second-order valence-electron chi connectivity index (χ2n) is 5.22. The first kappa shape index (κ1) is 14.1. The van der Waals surface area contributed by atoms with Crippen LogP contribution in [-0.4, -0.2) is 17.0 Å². The second-order valence-corrected chi connectivity index (χ2v) is 6.13. The van der Waals surface area contributed by atoms with Crippen molar-refractivity contribution < 1.29 is 14.7 Å². The normalized spacial score (nSPS) is 17.2. The Morgan fingerprint density at radius 3 is 2.53 bits per heavy atom. The third kappa shape index (κ3) is 2.97. The summed E-state index contributed by atoms with van der Waals surface area (Å²) in [7, 11) is 0. The van der Waals surface area contributed by atoms with E-state index < -0.39 is 5.97 Å². The third-order valence-corrected chi connectivity index (χ3v) is 4.21. The van der Waals surface area contributed by atoms with E-state index in [1.54, 1.807) is 12.1 Å². The van der Waals surface area contributed by atoms with Crippen LogP contribution in [0.1, 0.15) is 43.0 Å². The Labute approximate surface area is 120 Å². The molecule has 0 spiro atoms. The number of rotatable bonds is 3. The molecular weight excluding hydrogens is 310 g/mol. The molecule has 0 saturated heterocycles. The Morgan fingerprint density at radius 2 is 1.95 bits per heavy atom. The minimum Gasteiger partial charge on any atom is -0.478 e. The highest BCUT2D eigenvalue weighted by molar-refractivity contribution is 9.10. The molecule has 0 heterocycles. The summed E-state index contributed by atoms with van der Waals surface area (Å²) in [5.41, 5.74) is 0.0797. The molecule has 2 N–H and O–H groups in total. The molecule has 19 heavy (non-hydrogen) atoms. The number of carbonyl (C=O) groups excluding carboxylic acids is 1. The zero-order valence-electron chi connectivity index (χ0n) is 10.7. The van der Waals surface area contributed by atoms with Gasteiger partial charge in [-0.3, -0.25) is 4.79 Å². The molecule has 0 atom stereocenters. The fourth-order valence-corrected chi connectivity index (χ4v) is 2.82. The number of amides is 1. The maximum Gasteiger partial charge on any atom is 0.337 e. The van der Waals surface area contributed by atoms with E-state index in [0.717, 1.165) is 30.2 Å². The maximum atomic E-state index is 12.3. The summed E-state index contributed by atoms with van der Waals surface area (Å²) in [4.78, 5) is 23.5. The molecule has 1 aromatic rings. The zero-order valence-corrected chi connectivity index (χ0v) is 12.3. The summed E-state index contributed by atoms with van der Waals surface area (Å²) >= 11 is 3.29. The molecule has 1 aliphatic rings. The van der Waals surface area contributed by atoms with E-state index in [-0.39, 0.29) is 16.9 Å². The SMILES string of the molecule is CC1(C(=O)Nc2cc(Br)ccc2C(=O)O)CCCC1. The van der Waals surface area contributed by atoms with E-state index in [9.17, 15) is 9.59 Å². The lowest BCUT2D eigenvalue weighted by atomic mass is 9.87. The Morgan fingerprint density at radius 1 is 1.32 bits per heavy atom. The van der Waals surface area contributed by atoms with Crippen LogP contribution in [0.25, 0.3) is 0 Å². The van der Waals surface area contributed by atoms with Gasteiger partial charge in [0.2, 0.25) is 5.91 Å². The maximum absolute atomic E-state index is 12.3. The van der Waals surface area contributed by atoms with Crippen molar-refractivity contribution in [1.29, 1.82) is 0 Å². The number of carbonyl (C=O) groups is 2. The standard InChI is InChI=1S/C14H16BrNO3/c1-14(6-2-3-7-14)13(19)16-11-8-9(15)4-5-10(11)12(17)18/h4-5,8H,2-3,6-7H2,1H3,(H,16,19)(H,17,18). The van der Waals surface area contributed by atoms with Crippen LogP contribution in [0.15, 0.2) is 22.7 Å². The summed E-state index contributed by atoms with van der Waals surface area (Å²) in [6.45, 7) is 1.94. The monoisotopic (exact) mass is 325 g/mol. The predicted octanol–water partition coefficient (Wildman–Crippen LogP) is 3.67. The Balaban J connectivity index is 2.25. The van der Waals surface area contributed by atoms with E-state index in [1.165, 1.54) is 6.07 Å². The number of halogens is 1. The molecule has 1 amide bonds. The van der Waals surface area contributed by atoms with Gasteiger partial charge in [0.25, 0.3) is 0 Å². The van der Waals surface area contributed by atoms with Crippen LogP contribution in [0.3, 0.4) is 0 Å². The average molecular weight is 326 g/mol. The minimum atomic E-state index is -1.04. The van der Waals surface area contributed by atoms with Gasteiger partial charge in [-0.05, 0) is 31.0 Å². The zero-order chi connectivity index (χ0) is 14.0. The molecule has 0 radical (unpaired) electrons. The van der Waals surface area contributed by atoms with E-state index in [0.29, 0.717) is 5.69 Å². The van der Waals surface area contributed by atoms with Gasteiger partial charge in [-0.1, -0.05) is 35.7 Å². The Bertz CT molecular complexity index is 521. The average Bonchev–Trinajstić information content (AvgIpc) is 2.77. The summed E-state index contributed by atoms with van der Waals surface area (Å²) in [6.07, 6.45) is 3.81. The molecule has 4 nitrogen and oxygen atoms in total. The molecule has 0 bridgehead atoms. The molecule has 102 valence electrons. The number of aromatic carboxylic acids is 1. The lowest BCUT2D eigenvalue weighted by Crippen LogP contribution is -2.31. The van der Waals surface area contributed by atoms with Gasteiger partial charge in [-0.15, -0.1) is 0 Å². The van der Waals surface area contributed by atoms with Crippen molar-refractivity contribution in [2.24, 2.45) is 5.41 Å². The first-order valence-corrected chi connectivity index (χ1v) is 7.06. The number of anilines is 1. The molecule has 0 aromatic heterocycles. The van der Waals surface area contributed by atoms with Gasteiger partial charge in [0.1, 0.15) is 0 Å². The van der Waals surface area contributed by atoms with Crippen molar-refractivity contribution in [3.8, 4) is 0 Å². The van der Waals surface area contributed by atoms with Gasteiger partial charge in [0.05, 0.1) is 11.3 Å². The number of hydrogen-bond acceptors (Lipinski definition) is 2. The van der Waals surface area contributed by atoms with Crippen LogP contribution < -0.4 is 5.32 Å². The third-order valence-electron chi connectivity index (χ3n) is 3.72. The van der Waals surface area contributed by atoms with Crippen molar-refractivity contribution in [2.45, 2.75) is 32.6 Å². The van der Waals surface area contributed by atoms with Crippen molar-refractivity contribution >= 4 is 33.5 Å². The van der Waals surface area contributed by atoms with Gasteiger partial charge in [-0.25, -0.2) is 4.79 Å². The number of nitrogens with one attached hydrogen (secondary N) is 1. The summed E-state index contributed by atoms with van der Waals surface area (Å²) < 4.78 is 0.740. The van der Waals surface area contributed by atoms with Gasteiger partial charge >= 0.3 is 5.97 Å². The molecule has 0 unspecified atom stereocenters. The summed E-state index contributed by atoms with van der Waals surface area (Å²) in [5, 5.41) is 11.9. The van der Waals surface area contributed by atoms with Crippen molar-refractivity contribution in [3.63, 3.8) is 0 Å².